The molecular weight excluding hydrogens is 717 g/mol. The summed E-state index contributed by atoms with van der Waals surface area (Å²) in [6.07, 6.45) is 1.57. The number of nitrogens with zero attached hydrogens (tertiary/aromatic N) is 2. The second kappa shape index (κ2) is 13.3. The molecule has 0 bridgehead atoms. The van der Waals surface area contributed by atoms with Crippen LogP contribution in [-0.4, -0.2) is 40.0 Å². The number of rotatable bonds is 10. The maximum absolute atomic E-state index is 13.0. The Balaban J connectivity index is 1.48. The number of carbonyl (C=O) groups excluding carboxylic acids is 3. The zero-order valence-corrected chi connectivity index (χ0v) is 25.4. The third-order valence-electron chi connectivity index (χ3n) is 5.48. The van der Waals surface area contributed by atoms with Crippen molar-refractivity contribution in [2.24, 2.45) is 0 Å². The number of imide groups is 1. The van der Waals surface area contributed by atoms with Gasteiger partial charge in [0.1, 0.15) is 13.2 Å². The Morgan fingerprint density at radius 1 is 1.15 bits per heavy atom. The molecule has 0 spiro atoms. The fraction of sp³-hybridized carbons (Fsp3) is 0.148. The van der Waals surface area contributed by atoms with Crippen LogP contribution in [0.15, 0.2) is 70.0 Å². The van der Waals surface area contributed by atoms with Gasteiger partial charge in [-0.3, -0.25) is 29.4 Å². The molecule has 4 rings (SSSR count). The second-order valence-electron chi connectivity index (χ2n) is 8.27. The standard InChI is InChI=1S/C27H21BrIN3O7S/c1-2-38-22-12-17(11-20(29)25(22)39-15-16-7-9-18(10-8-16)32(36)37)13-23-26(34)31(27(35)40-23)14-24(33)30-21-6-4-3-5-19(21)28/h3-13H,2,14-15H2,1H3,(H,30,33)/b23-13+. The van der Waals surface area contributed by atoms with Crippen molar-refractivity contribution in [3.8, 4) is 11.5 Å². The maximum atomic E-state index is 13.0. The van der Waals surface area contributed by atoms with Gasteiger partial charge in [-0.15, -0.1) is 0 Å². The van der Waals surface area contributed by atoms with Crippen molar-refractivity contribution in [2.45, 2.75) is 13.5 Å². The maximum Gasteiger partial charge on any atom is 0.294 e. The van der Waals surface area contributed by atoms with Gasteiger partial charge in [0.05, 0.1) is 25.7 Å². The molecule has 1 heterocycles. The number of benzene rings is 3. The molecule has 0 aromatic heterocycles. The highest BCUT2D eigenvalue weighted by molar-refractivity contribution is 14.1. The molecule has 3 aromatic rings. The molecule has 0 radical (unpaired) electrons. The van der Waals surface area contributed by atoms with Crippen molar-refractivity contribution in [1.29, 1.82) is 0 Å². The Morgan fingerprint density at radius 2 is 1.88 bits per heavy atom. The van der Waals surface area contributed by atoms with Crippen LogP contribution in [0.4, 0.5) is 16.2 Å². The van der Waals surface area contributed by atoms with E-state index in [1.54, 1.807) is 54.6 Å². The van der Waals surface area contributed by atoms with Crippen LogP contribution in [0.2, 0.25) is 0 Å². The number of ether oxygens (including phenoxy) is 2. The lowest BCUT2D eigenvalue weighted by atomic mass is 10.1. The zero-order chi connectivity index (χ0) is 28.8. The summed E-state index contributed by atoms with van der Waals surface area (Å²) in [5.41, 5.74) is 1.87. The van der Waals surface area contributed by atoms with Crippen molar-refractivity contribution >= 4 is 84.8 Å². The highest BCUT2D eigenvalue weighted by Crippen LogP contribution is 2.38. The fourth-order valence-electron chi connectivity index (χ4n) is 3.63. The Hall–Kier alpha value is -3.43. The summed E-state index contributed by atoms with van der Waals surface area (Å²) in [5.74, 6) is -0.147. The molecule has 13 heteroatoms. The fourth-order valence-corrected chi connectivity index (χ4v) is 5.63. The highest BCUT2D eigenvalue weighted by Gasteiger charge is 2.36. The third kappa shape index (κ3) is 7.20. The molecule has 1 fully saturated rings. The van der Waals surface area contributed by atoms with Crippen LogP contribution in [-0.2, 0) is 16.2 Å². The number of hydrogen-bond donors (Lipinski definition) is 1. The minimum absolute atomic E-state index is 0.00741. The van der Waals surface area contributed by atoms with Crippen molar-refractivity contribution in [2.75, 3.05) is 18.5 Å². The topological polar surface area (TPSA) is 128 Å². The van der Waals surface area contributed by atoms with E-state index in [1.165, 1.54) is 12.1 Å². The lowest BCUT2D eigenvalue weighted by Crippen LogP contribution is -2.36. The molecule has 0 atom stereocenters. The van der Waals surface area contributed by atoms with E-state index < -0.39 is 28.5 Å². The van der Waals surface area contributed by atoms with Gasteiger partial charge in [0.25, 0.3) is 16.8 Å². The number of amides is 3. The van der Waals surface area contributed by atoms with Crippen LogP contribution in [0.25, 0.3) is 6.08 Å². The van der Waals surface area contributed by atoms with E-state index in [0.717, 1.165) is 22.2 Å². The van der Waals surface area contributed by atoms with Gasteiger partial charge in [0.2, 0.25) is 5.91 Å². The van der Waals surface area contributed by atoms with E-state index in [4.69, 9.17) is 9.47 Å². The Kier molecular flexibility index (Phi) is 9.81. The summed E-state index contributed by atoms with van der Waals surface area (Å²) < 4.78 is 13.1. The molecule has 0 unspecified atom stereocenters. The van der Waals surface area contributed by atoms with E-state index in [9.17, 15) is 24.5 Å². The van der Waals surface area contributed by atoms with Crippen molar-refractivity contribution in [3.05, 3.63) is 94.9 Å². The van der Waals surface area contributed by atoms with E-state index in [0.29, 0.717) is 37.4 Å². The molecule has 0 aliphatic carbocycles. The minimum Gasteiger partial charge on any atom is -0.490 e. The number of nitro groups is 1. The van der Waals surface area contributed by atoms with Crippen LogP contribution < -0.4 is 14.8 Å². The monoisotopic (exact) mass is 737 g/mol. The predicted molar refractivity (Wildman–Crippen MR) is 163 cm³/mol. The Morgan fingerprint density at radius 3 is 2.55 bits per heavy atom. The van der Waals surface area contributed by atoms with Crippen LogP contribution in [0.5, 0.6) is 11.5 Å². The minimum atomic E-state index is -0.566. The summed E-state index contributed by atoms with van der Waals surface area (Å²) in [7, 11) is 0. The van der Waals surface area contributed by atoms with Crippen LogP contribution >= 0.6 is 50.3 Å². The Bertz CT molecular complexity index is 1510. The largest absolute Gasteiger partial charge is 0.490 e. The van der Waals surface area contributed by atoms with Crippen molar-refractivity contribution in [1.82, 2.24) is 4.90 Å². The molecule has 1 aliphatic rings. The predicted octanol–water partition coefficient (Wildman–Crippen LogP) is 6.61. The van der Waals surface area contributed by atoms with Gasteiger partial charge >= 0.3 is 0 Å². The van der Waals surface area contributed by atoms with Gasteiger partial charge in [-0.1, -0.05) is 12.1 Å². The third-order valence-corrected chi connectivity index (χ3v) is 7.88. The average molecular weight is 738 g/mol. The van der Waals surface area contributed by atoms with Crippen LogP contribution in [0, 0.1) is 13.7 Å². The molecule has 0 saturated carbocycles. The molecule has 1 N–H and O–H groups in total. The number of non-ortho nitro benzene ring substituents is 1. The number of anilines is 1. The average Bonchev–Trinajstić information content (AvgIpc) is 3.17. The summed E-state index contributed by atoms with van der Waals surface area (Å²) in [6, 6.07) is 16.6. The first kappa shape index (κ1) is 29.6. The van der Waals surface area contributed by atoms with E-state index in [-0.39, 0.29) is 17.2 Å². The van der Waals surface area contributed by atoms with Crippen molar-refractivity contribution < 1.29 is 28.8 Å². The first-order chi connectivity index (χ1) is 19.2. The molecule has 1 saturated heterocycles. The summed E-state index contributed by atoms with van der Waals surface area (Å²) in [4.78, 5) is 49.6. The number of nitro benzene ring substituents is 1. The van der Waals surface area contributed by atoms with Gasteiger partial charge in [0, 0.05) is 16.6 Å². The molecule has 40 heavy (non-hydrogen) atoms. The summed E-state index contributed by atoms with van der Waals surface area (Å²) in [6.45, 7) is 1.93. The quantitative estimate of drug-likeness (QED) is 0.107. The van der Waals surface area contributed by atoms with Gasteiger partial charge in [0.15, 0.2) is 11.5 Å². The number of carbonyl (C=O) groups is 3. The number of hydrogen-bond acceptors (Lipinski definition) is 8. The normalized spacial score (nSPS) is 14.0. The smallest absolute Gasteiger partial charge is 0.294 e. The van der Waals surface area contributed by atoms with E-state index >= 15 is 0 Å². The number of halogens is 2. The number of para-hydroxylation sites is 1. The first-order valence-electron chi connectivity index (χ1n) is 11.8. The SMILES string of the molecule is CCOc1cc(/C=C2/SC(=O)N(CC(=O)Nc3ccccc3Br)C2=O)cc(I)c1OCc1ccc([N+](=O)[O-])cc1. The summed E-state index contributed by atoms with van der Waals surface area (Å²) in [5, 5.41) is 13.0. The van der Waals surface area contributed by atoms with Crippen LogP contribution in [0.3, 0.4) is 0 Å². The van der Waals surface area contributed by atoms with Crippen LogP contribution in [0.1, 0.15) is 18.1 Å². The van der Waals surface area contributed by atoms with Crippen molar-refractivity contribution in [3.63, 3.8) is 0 Å². The second-order valence-corrected chi connectivity index (χ2v) is 11.3. The van der Waals surface area contributed by atoms with Gasteiger partial charge in [-0.05, 0) is 111 Å². The Labute approximate surface area is 255 Å². The van der Waals surface area contributed by atoms with Gasteiger partial charge in [-0.25, -0.2) is 0 Å². The summed E-state index contributed by atoms with van der Waals surface area (Å²) >= 11 is 6.19. The van der Waals surface area contributed by atoms with E-state index in [1.807, 2.05) is 6.92 Å². The molecular formula is C27H21BrIN3O7S. The van der Waals surface area contributed by atoms with Gasteiger partial charge < -0.3 is 14.8 Å². The molecule has 206 valence electrons. The number of thioether (sulfide) groups is 1. The lowest BCUT2D eigenvalue weighted by Gasteiger charge is -2.15. The highest BCUT2D eigenvalue weighted by atomic mass is 127. The lowest BCUT2D eigenvalue weighted by molar-refractivity contribution is -0.384. The molecule has 3 amide bonds. The molecule has 1 aliphatic heterocycles. The number of nitrogens with one attached hydrogen (secondary N) is 1. The zero-order valence-electron chi connectivity index (χ0n) is 20.9. The molecule has 10 nitrogen and oxygen atoms in total. The molecule has 3 aromatic carbocycles. The first-order valence-corrected chi connectivity index (χ1v) is 14.5. The van der Waals surface area contributed by atoms with E-state index in [2.05, 4.69) is 43.8 Å². The van der Waals surface area contributed by atoms with Gasteiger partial charge in [-0.2, -0.15) is 0 Å².